The molecule has 2 aromatic heterocycles. The fraction of sp³-hybridized carbons (Fsp3) is 0.733. The van der Waals surface area contributed by atoms with Crippen molar-refractivity contribution in [2.45, 2.75) is 47.6 Å². The molecule has 2 aromatic rings. The van der Waals surface area contributed by atoms with Gasteiger partial charge in [-0.15, -0.1) is 0 Å². The zero-order valence-electron chi connectivity index (χ0n) is 13.4. The second kappa shape index (κ2) is 3.77. The highest BCUT2D eigenvalue weighted by atomic mass is 15.3. The number of nitrogens with two attached hydrogens (primary N) is 1. The normalized spacial score (nSPS) is 20.7. The van der Waals surface area contributed by atoms with Crippen molar-refractivity contribution in [3.05, 3.63) is 5.69 Å². The second-order valence-electron chi connectivity index (χ2n) is 7.17. The number of hydrogen-bond donors (Lipinski definition) is 1. The molecule has 5 heteroatoms. The van der Waals surface area contributed by atoms with Crippen LogP contribution < -0.4 is 5.73 Å². The van der Waals surface area contributed by atoms with Gasteiger partial charge in [0.25, 0.3) is 0 Å². The third kappa shape index (κ3) is 1.49. The molecule has 1 saturated carbocycles. The number of aryl methyl sites for hydroxylation is 2. The van der Waals surface area contributed by atoms with E-state index in [2.05, 4.69) is 49.3 Å². The van der Waals surface area contributed by atoms with Crippen LogP contribution in [0.25, 0.3) is 11.2 Å². The Morgan fingerprint density at radius 2 is 1.80 bits per heavy atom. The third-order valence-electron chi connectivity index (χ3n) is 5.84. The number of nitrogens with zero attached hydrogens (tertiary/aromatic N) is 4. The molecule has 3 rings (SSSR count). The van der Waals surface area contributed by atoms with E-state index < -0.39 is 0 Å². The summed E-state index contributed by atoms with van der Waals surface area (Å²) in [5.74, 6) is 1.23. The minimum absolute atomic E-state index is 0.349. The molecule has 0 spiro atoms. The van der Waals surface area contributed by atoms with Crippen molar-refractivity contribution in [1.82, 2.24) is 19.3 Å². The summed E-state index contributed by atoms with van der Waals surface area (Å²) in [4.78, 5) is 4.54. The van der Waals surface area contributed by atoms with Crippen LogP contribution in [-0.4, -0.2) is 19.3 Å². The van der Waals surface area contributed by atoms with Crippen LogP contribution in [0.15, 0.2) is 0 Å². The average molecular weight is 275 g/mol. The zero-order valence-corrected chi connectivity index (χ0v) is 13.4. The van der Waals surface area contributed by atoms with Crippen molar-refractivity contribution in [3.63, 3.8) is 0 Å². The molecule has 0 bridgehead atoms. The Morgan fingerprint density at radius 1 is 1.20 bits per heavy atom. The highest BCUT2D eigenvalue weighted by Gasteiger charge is 2.64. The van der Waals surface area contributed by atoms with Gasteiger partial charge >= 0.3 is 0 Å². The van der Waals surface area contributed by atoms with Gasteiger partial charge in [0, 0.05) is 13.6 Å². The molecule has 0 unspecified atom stereocenters. The molecule has 1 aliphatic carbocycles. The molecule has 2 N–H and O–H groups in total. The molecule has 0 saturated heterocycles. The Balaban J connectivity index is 2.05. The standard InChI is InChI=1S/C15H25N5/c1-7-9-11-12(19(6)18-9)20(13(16)17-11)8-10-14(2,3)15(10,4)5/h10H,7-8H2,1-6H3,(H2,16,17). The first kappa shape index (κ1) is 13.5. The fourth-order valence-corrected chi connectivity index (χ4v) is 3.65. The van der Waals surface area contributed by atoms with Gasteiger partial charge in [-0.1, -0.05) is 34.6 Å². The molecule has 1 fully saturated rings. The van der Waals surface area contributed by atoms with E-state index in [1.165, 1.54) is 0 Å². The van der Waals surface area contributed by atoms with E-state index in [-0.39, 0.29) is 0 Å². The highest BCUT2D eigenvalue weighted by molar-refractivity contribution is 5.77. The molecule has 0 aromatic carbocycles. The predicted molar refractivity (Wildman–Crippen MR) is 81.3 cm³/mol. The van der Waals surface area contributed by atoms with Crippen LogP contribution in [0.2, 0.25) is 0 Å². The largest absolute Gasteiger partial charge is 0.369 e. The minimum Gasteiger partial charge on any atom is -0.369 e. The van der Waals surface area contributed by atoms with Gasteiger partial charge in [-0.2, -0.15) is 5.10 Å². The number of nitrogen functional groups attached to an aromatic ring is 1. The molecule has 0 amide bonds. The van der Waals surface area contributed by atoms with Gasteiger partial charge in [0.15, 0.2) is 5.65 Å². The van der Waals surface area contributed by atoms with E-state index >= 15 is 0 Å². The summed E-state index contributed by atoms with van der Waals surface area (Å²) in [5, 5.41) is 4.55. The van der Waals surface area contributed by atoms with E-state index in [0.29, 0.717) is 22.7 Å². The molecular weight excluding hydrogens is 250 g/mol. The van der Waals surface area contributed by atoms with E-state index in [4.69, 9.17) is 5.73 Å². The van der Waals surface area contributed by atoms with Crippen LogP contribution in [0.1, 0.15) is 40.3 Å². The van der Waals surface area contributed by atoms with Crippen LogP contribution in [0.5, 0.6) is 0 Å². The number of fused-ring (bicyclic) bond motifs is 1. The van der Waals surface area contributed by atoms with Gasteiger partial charge in [-0.3, -0.25) is 9.25 Å². The number of aromatic nitrogens is 4. The molecule has 0 radical (unpaired) electrons. The molecule has 110 valence electrons. The van der Waals surface area contributed by atoms with Crippen LogP contribution in [-0.2, 0) is 20.0 Å². The highest BCUT2D eigenvalue weighted by Crippen LogP contribution is 2.69. The van der Waals surface area contributed by atoms with Crippen molar-refractivity contribution in [2.75, 3.05) is 5.73 Å². The lowest BCUT2D eigenvalue weighted by Gasteiger charge is -2.08. The molecule has 0 aliphatic heterocycles. The zero-order chi connectivity index (χ0) is 14.9. The summed E-state index contributed by atoms with van der Waals surface area (Å²) in [6.45, 7) is 12.4. The quantitative estimate of drug-likeness (QED) is 0.936. The SMILES string of the molecule is CCc1nn(C)c2c1nc(N)n2CC1C(C)(C)C1(C)C. The molecule has 0 atom stereocenters. The number of rotatable bonds is 3. The second-order valence-corrected chi connectivity index (χ2v) is 7.17. The van der Waals surface area contributed by atoms with E-state index in [0.717, 1.165) is 29.8 Å². The lowest BCUT2D eigenvalue weighted by atomic mass is 10.0. The Kier molecular flexibility index (Phi) is 2.54. The molecule has 2 heterocycles. The topological polar surface area (TPSA) is 61.7 Å². The summed E-state index contributed by atoms with van der Waals surface area (Å²) in [7, 11) is 1.97. The van der Waals surface area contributed by atoms with E-state index in [1.807, 2.05) is 11.7 Å². The molecular formula is C15H25N5. The van der Waals surface area contributed by atoms with Gasteiger partial charge in [-0.25, -0.2) is 4.98 Å². The fourth-order valence-electron chi connectivity index (χ4n) is 3.65. The van der Waals surface area contributed by atoms with Crippen LogP contribution in [0.4, 0.5) is 5.95 Å². The maximum absolute atomic E-state index is 6.15. The maximum Gasteiger partial charge on any atom is 0.202 e. The van der Waals surface area contributed by atoms with Gasteiger partial charge < -0.3 is 5.73 Å². The van der Waals surface area contributed by atoms with Crippen LogP contribution in [0, 0.1) is 16.7 Å². The first-order valence-corrected chi connectivity index (χ1v) is 7.39. The van der Waals surface area contributed by atoms with Crippen molar-refractivity contribution >= 4 is 17.1 Å². The van der Waals surface area contributed by atoms with Gasteiger partial charge in [0.05, 0.1) is 5.69 Å². The summed E-state index contributed by atoms with van der Waals surface area (Å²) in [6, 6.07) is 0. The molecule has 1 aliphatic rings. The van der Waals surface area contributed by atoms with Crippen molar-refractivity contribution in [2.24, 2.45) is 23.8 Å². The number of hydrogen-bond acceptors (Lipinski definition) is 3. The summed E-state index contributed by atoms with van der Waals surface area (Å²) < 4.78 is 4.06. The molecule has 5 nitrogen and oxygen atoms in total. The van der Waals surface area contributed by atoms with Crippen molar-refractivity contribution in [1.29, 1.82) is 0 Å². The monoisotopic (exact) mass is 275 g/mol. The van der Waals surface area contributed by atoms with Crippen LogP contribution in [0.3, 0.4) is 0 Å². The first-order chi connectivity index (χ1) is 9.21. The lowest BCUT2D eigenvalue weighted by molar-refractivity contribution is 0.457. The van der Waals surface area contributed by atoms with Gasteiger partial charge in [0.1, 0.15) is 5.52 Å². The summed E-state index contributed by atoms with van der Waals surface area (Å²) >= 11 is 0. The van der Waals surface area contributed by atoms with Gasteiger partial charge in [0.2, 0.25) is 5.95 Å². The van der Waals surface area contributed by atoms with E-state index in [1.54, 1.807) is 0 Å². The van der Waals surface area contributed by atoms with Crippen molar-refractivity contribution < 1.29 is 0 Å². The third-order valence-corrected chi connectivity index (χ3v) is 5.84. The Labute approximate surface area is 120 Å². The minimum atomic E-state index is 0.349. The van der Waals surface area contributed by atoms with Crippen molar-refractivity contribution in [3.8, 4) is 0 Å². The van der Waals surface area contributed by atoms with E-state index in [9.17, 15) is 0 Å². The first-order valence-electron chi connectivity index (χ1n) is 7.39. The Hall–Kier alpha value is -1.52. The summed E-state index contributed by atoms with van der Waals surface area (Å²) in [6.07, 6.45) is 0.883. The van der Waals surface area contributed by atoms with Gasteiger partial charge in [-0.05, 0) is 23.2 Å². The summed E-state index contributed by atoms with van der Waals surface area (Å²) in [5.41, 5.74) is 9.90. The Morgan fingerprint density at radius 3 is 2.30 bits per heavy atom. The predicted octanol–water partition coefficient (Wildman–Crippen LogP) is 2.60. The maximum atomic E-state index is 6.15. The molecule has 20 heavy (non-hydrogen) atoms. The lowest BCUT2D eigenvalue weighted by Crippen LogP contribution is -2.10. The number of anilines is 1. The Bertz CT molecular complexity index is 660. The van der Waals surface area contributed by atoms with Crippen LogP contribution >= 0.6 is 0 Å². The average Bonchev–Trinajstić information content (AvgIpc) is 2.71. The smallest absolute Gasteiger partial charge is 0.202 e. The number of imidazole rings is 1.